The number of rotatable bonds is 3. The molecule has 0 unspecified atom stereocenters. The van der Waals surface area contributed by atoms with Gasteiger partial charge in [0.1, 0.15) is 0 Å². The molecule has 1 aromatic heterocycles. The molecule has 18 heavy (non-hydrogen) atoms. The maximum atomic E-state index is 5.55. The molecule has 0 saturated carbocycles. The Bertz CT molecular complexity index is 384. The van der Waals surface area contributed by atoms with Crippen molar-refractivity contribution in [2.24, 2.45) is 0 Å². The fraction of sp³-hybridized carbons (Fsp3) is 0.615. The number of ether oxygens (including phenoxy) is 2. The van der Waals surface area contributed by atoms with E-state index >= 15 is 0 Å². The van der Waals surface area contributed by atoms with Gasteiger partial charge >= 0.3 is 0 Å². The summed E-state index contributed by atoms with van der Waals surface area (Å²) in [5.74, 6) is 0.671. The van der Waals surface area contributed by atoms with Crippen molar-refractivity contribution in [3.8, 4) is 5.88 Å². The fourth-order valence-electron chi connectivity index (χ4n) is 2.70. The first-order chi connectivity index (χ1) is 8.83. The van der Waals surface area contributed by atoms with Crippen molar-refractivity contribution in [1.29, 1.82) is 0 Å². The van der Waals surface area contributed by atoms with Gasteiger partial charge in [0.25, 0.3) is 0 Å². The number of nitrogens with one attached hydrogen (secondary N) is 1. The zero-order valence-electron chi connectivity index (χ0n) is 10.6. The molecule has 0 radical (unpaired) electrons. The number of hydrogen-bond acceptors (Lipinski definition) is 5. The number of morpholine rings is 1. The van der Waals surface area contributed by atoms with Gasteiger partial charge in [-0.05, 0) is 5.56 Å². The number of hydrogen-bond donors (Lipinski definition) is 1. The predicted molar refractivity (Wildman–Crippen MR) is 67.6 cm³/mol. The van der Waals surface area contributed by atoms with Gasteiger partial charge < -0.3 is 14.8 Å². The molecule has 1 N–H and O–H groups in total. The minimum atomic E-state index is 0.476. The first-order valence-electron chi connectivity index (χ1n) is 6.38. The molecular weight excluding hydrogens is 230 g/mol. The highest BCUT2D eigenvalue weighted by Gasteiger charge is 2.30. The molecule has 3 heterocycles. The maximum Gasteiger partial charge on any atom is 0.212 e. The minimum absolute atomic E-state index is 0.476. The number of nitrogens with zero attached hydrogens (tertiary/aromatic N) is 2. The fourth-order valence-corrected chi connectivity index (χ4v) is 2.70. The summed E-state index contributed by atoms with van der Waals surface area (Å²) in [5.41, 5.74) is 1.23. The molecule has 5 nitrogen and oxygen atoms in total. The molecular formula is C13H19N3O2. The van der Waals surface area contributed by atoms with Gasteiger partial charge in [0.15, 0.2) is 0 Å². The summed E-state index contributed by atoms with van der Waals surface area (Å²) < 4.78 is 10.6. The highest BCUT2D eigenvalue weighted by molar-refractivity contribution is 5.17. The number of fused-ring (bicyclic) bond motifs is 2. The molecule has 0 aliphatic carbocycles. The Labute approximate surface area is 107 Å². The summed E-state index contributed by atoms with van der Waals surface area (Å²) in [5, 5.41) is 3.58. The average Bonchev–Trinajstić information content (AvgIpc) is 2.39. The lowest BCUT2D eigenvalue weighted by atomic mass is 10.1. The third-order valence-electron chi connectivity index (χ3n) is 3.48. The standard InChI is InChI=1S/C13H19N3O2/c1-17-13-3-2-10(4-14-13)5-16-6-11-8-18-9-12(7-16)15-11/h2-4,11-12,15H,5-9H2,1H3/t11-,12+. The van der Waals surface area contributed by atoms with Crippen LogP contribution in [0.3, 0.4) is 0 Å². The van der Waals surface area contributed by atoms with Crippen LogP contribution in [-0.2, 0) is 11.3 Å². The summed E-state index contributed by atoms with van der Waals surface area (Å²) in [7, 11) is 1.64. The van der Waals surface area contributed by atoms with Crippen LogP contribution in [0.1, 0.15) is 5.56 Å². The summed E-state index contributed by atoms with van der Waals surface area (Å²) in [6, 6.07) is 4.95. The molecule has 2 saturated heterocycles. The lowest BCUT2D eigenvalue weighted by Gasteiger charge is -2.42. The predicted octanol–water partition coefficient (Wildman–Crippen LogP) is 0.263. The van der Waals surface area contributed by atoms with Crippen LogP contribution in [0, 0.1) is 0 Å². The molecule has 3 rings (SSSR count). The molecule has 0 spiro atoms. The summed E-state index contributed by atoms with van der Waals surface area (Å²) in [4.78, 5) is 6.72. The van der Waals surface area contributed by atoms with Gasteiger partial charge in [0.2, 0.25) is 5.88 Å². The van der Waals surface area contributed by atoms with Crippen molar-refractivity contribution in [1.82, 2.24) is 15.2 Å². The van der Waals surface area contributed by atoms with Crippen molar-refractivity contribution in [2.45, 2.75) is 18.6 Å². The number of pyridine rings is 1. The molecule has 2 bridgehead atoms. The zero-order chi connectivity index (χ0) is 12.4. The molecule has 2 fully saturated rings. The second-order valence-corrected chi connectivity index (χ2v) is 5.00. The van der Waals surface area contributed by atoms with Crippen molar-refractivity contribution >= 4 is 0 Å². The van der Waals surface area contributed by atoms with Crippen LogP contribution >= 0.6 is 0 Å². The van der Waals surface area contributed by atoms with Crippen molar-refractivity contribution in [3.05, 3.63) is 23.9 Å². The van der Waals surface area contributed by atoms with Crippen molar-refractivity contribution in [3.63, 3.8) is 0 Å². The summed E-state index contributed by atoms with van der Waals surface area (Å²) >= 11 is 0. The quantitative estimate of drug-likeness (QED) is 0.833. The summed E-state index contributed by atoms with van der Waals surface area (Å²) in [6.45, 7) is 4.69. The van der Waals surface area contributed by atoms with Crippen LogP contribution < -0.4 is 10.1 Å². The van der Waals surface area contributed by atoms with Crippen LogP contribution in [0.15, 0.2) is 18.3 Å². The van der Waals surface area contributed by atoms with E-state index in [9.17, 15) is 0 Å². The van der Waals surface area contributed by atoms with E-state index < -0.39 is 0 Å². The summed E-state index contributed by atoms with van der Waals surface area (Å²) in [6.07, 6.45) is 1.90. The van der Waals surface area contributed by atoms with Gasteiger partial charge in [-0.3, -0.25) is 4.90 Å². The van der Waals surface area contributed by atoms with E-state index in [2.05, 4.69) is 21.3 Å². The topological polar surface area (TPSA) is 46.6 Å². The number of aromatic nitrogens is 1. The molecule has 98 valence electrons. The average molecular weight is 249 g/mol. The zero-order valence-corrected chi connectivity index (χ0v) is 10.6. The van der Waals surface area contributed by atoms with E-state index in [1.165, 1.54) is 5.56 Å². The molecule has 2 aliphatic heterocycles. The molecule has 2 aliphatic rings. The Morgan fingerprint density at radius 3 is 2.78 bits per heavy atom. The van der Waals surface area contributed by atoms with E-state index in [4.69, 9.17) is 9.47 Å². The molecule has 0 amide bonds. The van der Waals surface area contributed by atoms with Crippen LogP contribution in [0.25, 0.3) is 0 Å². The monoisotopic (exact) mass is 249 g/mol. The smallest absolute Gasteiger partial charge is 0.212 e. The molecule has 5 heteroatoms. The Balaban J connectivity index is 1.61. The highest BCUT2D eigenvalue weighted by Crippen LogP contribution is 2.14. The Morgan fingerprint density at radius 2 is 2.17 bits per heavy atom. The van der Waals surface area contributed by atoms with E-state index in [-0.39, 0.29) is 0 Å². The van der Waals surface area contributed by atoms with Crippen LogP contribution in [0.4, 0.5) is 0 Å². The normalized spacial score (nSPS) is 28.1. The third kappa shape index (κ3) is 2.63. The number of methoxy groups -OCH3 is 1. The van der Waals surface area contributed by atoms with E-state index in [1.807, 2.05) is 12.3 Å². The third-order valence-corrected chi connectivity index (χ3v) is 3.48. The molecule has 1 aromatic rings. The lowest BCUT2D eigenvalue weighted by Crippen LogP contribution is -2.62. The highest BCUT2D eigenvalue weighted by atomic mass is 16.5. The Kier molecular flexibility index (Phi) is 3.45. The lowest BCUT2D eigenvalue weighted by molar-refractivity contribution is -0.00872. The van der Waals surface area contributed by atoms with Gasteiger partial charge in [-0.25, -0.2) is 4.98 Å². The largest absolute Gasteiger partial charge is 0.481 e. The molecule has 2 atom stereocenters. The second kappa shape index (κ2) is 5.22. The van der Waals surface area contributed by atoms with Gasteiger partial charge in [0.05, 0.1) is 20.3 Å². The van der Waals surface area contributed by atoms with Crippen LogP contribution in [0.5, 0.6) is 5.88 Å². The second-order valence-electron chi connectivity index (χ2n) is 5.00. The van der Waals surface area contributed by atoms with Gasteiger partial charge in [-0.15, -0.1) is 0 Å². The maximum absolute atomic E-state index is 5.55. The first-order valence-corrected chi connectivity index (χ1v) is 6.38. The Morgan fingerprint density at radius 1 is 1.39 bits per heavy atom. The van der Waals surface area contributed by atoms with Crippen LogP contribution in [0.2, 0.25) is 0 Å². The van der Waals surface area contributed by atoms with E-state index in [0.717, 1.165) is 32.8 Å². The molecule has 0 aromatic carbocycles. The van der Waals surface area contributed by atoms with E-state index in [0.29, 0.717) is 18.0 Å². The van der Waals surface area contributed by atoms with Crippen LogP contribution in [-0.4, -0.2) is 55.4 Å². The SMILES string of the molecule is COc1ccc(CN2C[C@H]3COC[C@@H](C2)N3)cn1. The van der Waals surface area contributed by atoms with E-state index in [1.54, 1.807) is 7.11 Å². The Hall–Kier alpha value is -1.17. The van der Waals surface area contributed by atoms with Crippen molar-refractivity contribution < 1.29 is 9.47 Å². The van der Waals surface area contributed by atoms with Crippen molar-refractivity contribution in [2.75, 3.05) is 33.4 Å². The van der Waals surface area contributed by atoms with Gasteiger partial charge in [-0.2, -0.15) is 0 Å². The first kappa shape index (κ1) is 11.9. The minimum Gasteiger partial charge on any atom is -0.481 e. The van der Waals surface area contributed by atoms with Gasteiger partial charge in [0, 0.05) is 44.0 Å². The van der Waals surface area contributed by atoms with Gasteiger partial charge in [-0.1, -0.05) is 6.07 Å². The number of piperazine rings is 1.